The van der Waals surface area contributed by atoms with Gasteiger partial charge < -0.3 is 9.47 Å². The van der Waals surface area contributed by atoms with Crippen molar-refractivity contribution in [2.45, 2.75) is 39.0 Å². The molecule has 2 rings (SSSR count). The highest BCUT2D eigenvalue weighted by atomic mass is 16.6. The maximum Gasteiger partial charge on any atom is 0.410 e. The summed E-state index contributed by atoms with van der Waals surface area (Å²) in [4.78, 5) is 25.2. The van der Waals surface area contributed by atoms with Gasteiger partial charge in [-0.1, -0.05) is 18.2 Å². The number of rotatable bonds is 4. The monoisotopic (exact) mass is 277 g/mol. The van der Waals surface area contributed by atoms with Crippen LogP contribution in [0.25, 0.3) is 0 Å². The third-order valence-electron chi connectivity index (χ3n) is 3.38. The highest BCUT2D eigenvalue weighted by Gasteiger charge is 2.40. The van der Waals surface area contributed by atoms with E-state index in [2.05, 4.69) is 0 Å². The SMILES string of the molecule is CC(C)N1C(=O)O[C@H](COC(=O)c2ccccc2)C1C. The van der Waals surface area contributed by atoms with Crippen LogP contribution in [-0.4, -0.2) is 41.8 Å². The summed E-state index contributed by atoms with van der Waals surface area (Å²) in [6.07, 6.45) is -0.772. The molecule has 1 saturated heterocycles. The fourth-order valence-corrected chi connectivity index (χ4v) is 2.30. The number of benzene rings is 1. The number of carbonyl (C=O) groups excluding carboxylic acids is 2. The minimum absolute atomic E-state index is 0.0623. The molecule has 1 aromatic carbocycles. The van der Waals surface area contributed by atoms with Gasteiger partial charge in [0.2, 0.25) is 0 Å². The van der Waals surface area contributed by atoms with Gasteiger partial charge in [0.1, 0.15) is 6.61 Å². The summed E-state index contributed by atoms with van der Waals surface area (Å²) in [7, 11) is 0. The molecule has 0 radical (unpaired) electrons. The summed E-state index contributed by atoms with van der Waals surface area (Å²) in [5.74, 6) is -0.406. The van der Waals surface area contributed by atoms with Crippen molar-refractivity contribution >= 4 is 12.1 Å². The number of carbonyl (C=O) groups is 2. The Bertz CT molecular complexity index is 486. The zero-order valence-corrected chi connectivity index (χ0v) is 11.9. The largest absolute Gasteiger partial charge is 0.458 e. The molecule has 1 amide bonds. The van der Waals surface area contributed by atoms with Crippen molar-refractivity contribution in [1.29, 1.82) is 0 Å². The van der Waals surface area contributed by atoms with E-state index in [1.807, 2.05) is 26.8 Å². The average Bonchev–Trinajstić information content (AvgIpc) is 2.71. The molecule has 1 aliphatic heterocycles. The number of hydrogen-bond donors (Lipinski definition) is 0. The van der Waals surface area contributed by atoms with Crippen molar-refractivity contribution in [2.24, 2.45) is 0 Å². The minimum Gasteiger partial charge on any atom is -0.458 e. The lowest BCUT2D eigenvalue weighted by Crippen LogP contribution is -2.40. The molecule has 1 unspecified atom stereocenters. The van der Waals surface area contributed by atoms with Gasteiger partial charge in [-0.3, -0.25) is 4.90 Å². The van der Waals surface area contributed by atoms with Crippen LogP contribution in [0.15, 0.2) is 30.3 Å². The van der Waals surface area contributed by atoms with Crippen molar-refractivity contribution < 1.29 is 19.1 Å². The summed E-state index contributed by atoms with van der Waals surface area (Å²) in [6.45, 7) is 5.82. The van der Waals surface area contributed by atoms with E-state index in [-0.39, 0.29) is 24.8 Å². The van der Waals surface area contributed by atoms with Gasteiger partial charge in [0.15, 0.2) is 6.10 Å². The van der Waals surface area contributed by atoms with Crippen LogP contribution in [0, 0.1) is 0 Å². The van der Waals surface area contributed by atoms with Crippen LogP contribution < -0.4 is 0 Å². The second-order valence-electron chi connectivity index (χ2n) is 5.13. The molecule has 0 aromatic heterocycles. The third-order valence-corrected chi connectivity index (χ3v) is 3.38. The molecule has 0 aliphatic carbocycles. The first-order chi connectivity index (χ1) is 9.50. The first kappa shape index (κ1) is 14.4. The maximum absolute atomic E-state index is 11.8. The van der Waals surface area contributed by atoms with E-state index in [4.69, 9.17) is 9.47 Å². The molecule has 0 spiro atoms. The molecule has 0 N–H and O–H groups in total. The smallest absolute Gasteiger partial charge is 0.410 e. The van der Waals surface area contributed by atoms with Gasteiger partial charge in [0.05, 0.1) is 11.6 Å². The Kier molecular flexibility index (Phi) is 4.27. The van der Waals surface area contributed by atoms with Gasteiger partial charge in [-0.05, 0) is 32.9 Å². The number of hydrogen-bond acceptors (Lipinski definition) is 4. The van der Waals surface area contributed by atoms with Gasteiger partial charge in [0.25, 0.3) is 0 Å². The molecule has 5 heteroatoms. The topological polar surface area (TPSA) is 55.8 Å². The van der Waals surface area contributed by atoms with Gasteiger partial charge in [-0.15, -0.1) is 0 Å². The zero-order chi connectivity index (χ0) is 14.7. The Morgan fingerprint density at radius 1 is 1.35 bits per heavy atom. The molecule has 1 aliphatic rings. The average molecular weight is 277 g/mol. The lowest BCUT2D eigenvalue weighted by atomic mass is 10.1. The number of cyclic esters (lactones) is 1. The number of ether oxygens (including phenoxy) is 2. The second-order valence-corrected chi connectivity index (χ2v) is 5.13. The van der Waals surface area contributed by atoms with Crippen molar-refractivity contribution in [1.82, 2.24) is 4.90 Å². The normalized spacial score (nSPS) is 22.0. The van der Waals surface area contributed by atoms with Gasteiger partial charge in [-0.25, -0.2) is 9.59 Å². The van der Waals surface area contributed by atoms with Crippen LogP contribution >= 0.6 is 0 Å². The molecule has 0 saturated carbocycles. The highest BCUT2D eigenvalue weighted by molar-refractivity contribution is 5.89. The van der Waals surface area contributed by atoms with Crippen LogP contribution in [-0.2, 0) is 9.47 Å². The Morgan fingerprint density at radius 3 is 2.55 bits per heavy atom. The minimum atomic E-state index is -0.419. The molecular weight excluding hydrogens is 258 g/mol. The number of amides is 1. The molecule has 20 heavy (non-hydrogen) atoms. The predicted molar refractivity (Wildman–Crippen MR) is 73.4 cm³/mol. The van der Waals surface area contributed by atoms with Crippen LogP contribution in [0.5, 0.6) is 0 Å². The Balaban J connectivity index is 1.92. The van der Waals surface area contributed by atoms with Gasteiger partial charge in [0, 0.05) is 6.04 Å². The summed E-state index contributed by atoms with van der Waals surface area (Å²) in [5, 5.41) is 0. The third kappa shape index (κ3) is 2.92. The summed E-state index contributed by atoms with van der Waals surface area (Å²) in [5.41, 5.74) is 0.491. The van der Waals surface area contributed by atoms with Crippen LogP contribution in [0.1, 0.15) is 31.1 Å². The molecule has 1 fully saturated rings. The maximum atomic E-state index is 11.8. The standard InChI is InChI=1S/C15H19NO4/c1-10(2)16-11(3)13(20-15(16)18)9-19-14(17)12-7-5-4-6-8-12/h4-8,10-11,13H,9H2,1-3H3/t11?,13-/m1/s1. The zero-order valence-electron chi connectivity index (χ0n) is 11.9. The number of nitrogens with zero attached hydrogens (tertiary/aromatic N) is 1. The van der Waals surface area contributed by atoms with Crippen LogP contribution in [0.3, 0.4) is 0 Å². The molecule has 1 heterocycles. The van der Waals surface area contributed by atoms with E-state index in [0.717, 1.165) is 0 Å². The van der Waals surface area contributed by atoms with E-state index in [0.29, 0.717) is 5.56 Å². The lowest BCUT2D eigenvalue weighted by molar-refractivity contribution is 0.0256. The lowest BCUT2D eigenvalue weighted by Gasteiger charge is -2.24. The van der Waals surface area contributed by atoms with E-state index in [9.17, 15) is 9.59 Å². The first-order valence-corrected chi connectivity index (χ1v) is 6.72. The predicted octanol–water partition coefficient (Wildman–Crippen LogP) is 2.46. The summed E-state index contributed by atoms with van der Waals surface area (Å²) < 4.78 is 10.5. The molecule has 5 nitrogen and oxygen atoms in total. The first-order valence-electron chi connectivity index (χ1n) is 6.72. The van der Waals surface area contributed by atoms with E-state index >= 15 is 0 Å². The quantitative estimate of drug-likeness (QED) is 0.793. The van der Waals surface area contributed by atoms with E-state index < -0.39 is 12.1 Å². The van der Waals surface area contributed by atoms with Gasteiger partial charge in [-0.2, -0.15) is 0 Å². The van der Waals surface area contributed by atoms with Crippen LogP contribution in [0.4, 0.5) is 4.79 Å². The highest BCUT2D eigenvalue weighted by Crippen LogP contribution is 2.22. The van der Waals surface area contributed by atoms with E-state index in [1.165, 1.54) is 0 Å². The van der Waals surface area contributed by atoms with Crippen molar-refractivity contribution in [3.05, 3.63) is 35.9 Å². The molecule has 108 valence electrons. The van der Waals surface area contributed by atoms with Crippen molar-refractivity contribution in [2.75, 3.05) is 6.61 Å². The van der Waals surface area contributed by atoms with Gasteiger partial charge >= 0.3 is 12.1 Å². The Hall–Kier alpha value is -2.04. The molecule has 1 aromatic rings. The molecular formula is C15H19NO4. The fraction of sp³-hybridized carbons (Fsp3) is 0.467. The molecule has 0 bridgehead atoms. The second kappa shape index (κ2) is 5.94. The Morgan fingerprint density at radius 2 is 2.00 bits per heavy atom. The van der Waals surface area contributed by atoms with Crippen molar-refractivity contribution in [3.63, 3.8) is 0 Å². The Labute approximate surface area is 118 Å². The van der Waals surface area contributed by atoms with E-state index in [1.54, 1.807) is 29.2 Å². The summed E-state index contributed by atoms with van der Waals surface area (Å²) in [6, 6.07) is 8.71. The fourth-order valence-electron chi connectivity index (χ4n) is 2.30. The molecule has 2 atom stereocenters. The van der Waals surface area contributed by atoms with Crippen LogP contribution in [0.2, 0.25) is 0 Å². The summed E-state index contributed by atoms with van der Waals surface area (Å²) >= 11 is 0. The number of esters is 1. The van der Waals surface area contributed by atoms with Crippen molar-refractivity contribution in [3.8, 4) is 0 Å².